The van der Waals surface area contributed by atoms with E-state index in [4.69, 9.17) is 5.11 Å². The van der Waals surface area contributed by atoms with Gasteiger partial charge in [-0.15, -0.1) is 0 Å². The summed E-state index contributed by atoms with van der Waals surface area (Å²) in [5.74, 6) is -1.30. The fourth-order valence-corrected chi connectivity index (χ4v) is 3.68. The van der Waals surface area contributed by atoms with Gasteiger partial charge < -0.3 is 5.11 Å². The summed E-state index contributed by atoms with van der Waals surface area (Å²) >= 11 is 0. The molecule has 0 aliphatic carbocycles. The number of ketones is 1. The van der Waals surface area contributed by atoms with Crippen LogP contribution in [0.1, 0.15) is 47.1 Å². The Labute approximate surface area is 158 Å². The molecule has 0 atom stereocenters. The molecule has 0 bridgehead atoms. The minimum Gasteiger partial charge on any atom is -0.478 e. The van der Waals surface area contributed by atoms with Crippen molar-refractivity contribution in [1.82, 2.24) is 4.72 Å². The Morgan fingerprint density at radius 2 is 1.44 bits per heavy atom. The second-order valence-electron chi connectivity index (χ2n) is 7.00. The minimum absolute atomic E-state index is 0.0854. The smallest absolute Gasteiger partial charge is 0.335 e. The van der Waals surface area contributed by atoms with Crippen LogP contribution in [0.4, 0.5) is 0 Å². The third kappa shape index (κ3) is 5.87. The number of aromatic carboxylic acids is 1. The maximum absolute atomic E-state index is 12.3. The van der Waals surface area contributed by atoms with E-state index in [0.29, 0.717) is 11.1 Å². The van der Waals surface area contributed by atoms with Gasteiger partial charge in [0.25, 0.3) is 0 Å². The maximum Gasteiger partial charge on any atom is 0.335 e. The second-order valence-corrected chi connectivity index (χ2v) is 8.69. The molecular weight excluding hydrogens is 366 g/mol. The zero-order valence-electron chi connectivity index (χ0n) is 15.3. The number of sulfonamides is 1. The van der Waals surface area contributed by atoms with E-state index < -0.39 is 21.5 Å². The van der Waals surface area contributed by atoms with E-state index in [9.17, 15) is 18.0 Å². The number of carboxylic acid groups (broad SMARTS) is 1. The first-order valence-electron chi connectivity index (χ1n) is 8.18. The van der Waals surface area contributed by atoms with Gasteiger partial charge >= 0.3 is 5.97 Å². The standard InChI is InChI=1S/C20H21NO5S/c1-20(2,3)21-27(25,26)17-11-9-15(10-12-17)18(22)13-6-14-4-7-16(8-5-14)19(23)24/h4-13,21H,1-3H3,(H,23,24)/b13-6+. The topological polar surface area (TPSA) is 101 Å². The van der Waals surface area contributed by atoms with Crippen LogP contribution in [0.3, 0.4) is 0 Å². The lowest BCUT2D eigenvalue weighted by atomic mass is 10.1. The van der Waals surface area contributed by atoms with Crippen LogP contribution in [0, 0.1) is 0 Å². The number of carbonyl (C=O) groups is 2. The lowest BCUT2D eigenvalue weighted by molar-refractivity contribution is 0.0696. The van der Waals surface area contributed by atoms with Gasteiger partial charge in [0.05, 0.1) is 10.5 Å². The summed E-state index contributed by atoms with van der Waals surface area (Å²) in [7, 11) is -3.65. The minimum atomic E-state index is -3.65. The fourth-order valence-electron chi connectivity index (χ4n) is 2.27. The first-order chi connectivity index (χ1) is 12.5. The van der Waals surface area contributed by atoms with E-state index in [1.165, 1.54) is 42.5 Å². The number of rotatable bonds is 6. The van der Waals surface area contributed by atoms with Crippen molar-refractivity contribution in [2.24, 2.45) is 0 Å². The van der Waals surface area contributed by atoms with Gasteiger partial charge in [0, 0.05) is 11.1 Å². The number of hydrogen-bond acceptors (Lipinski definition) is 4. The Bertz CT molecular complexity index is 967. The van der Waals surface area contributed by atoms with Crippen molar-refractivity contribution < 1.29 is 23.1 Å². The number of nitrogens with one attached hydrogen (secondary N) is 1. The average molecular weight is 387 g/mol. The number of carboxylic acids is 1. The molecule has 0 aliphatic heterocycles. The molecule has 0 heterocycles. The summed E-state index contributed by atoms with van der Waals surface area (Å²) < 4.78 is 27.1. The van der Waals surface area contributed by atoms with Crippen molar-refractivity contribution >= 4 is 27.9 Å². The van der Waals surface area contributed by atoms with Crippen molar-refractivity contribution in [3.05, 3.63) is 71.3 Å². The Kier molecular flexibility index (Phi) is 5.98. The Morgan fingerprint density at radius 3 is 1.93 bits per heavy atom. The Balaban J connectivity index is 2.12. The first-order valence-corrected chi connectivity index (χ1v) is 9.66. The maximum atomic E-state index is 12.3. The molecule has 2 aromatic rings. The molecule has 0 amide bonds. The lowest BCUT2D eigenvalue weighted by Crippen LogP contribution is -2.40. The van der Waals surface area contributed by atoms with Crippen LogP contribution in [0.25, 0.3) is 6.08 Å². The summed E-state index contributed by atoms with van der Waals surface area (Å²) in [5.41, 5.74) is 0.593. The van der Waals surface area contributed by atoms with E-state index in [-0.39, 0.29) is 16.2 Å². The predicted molar refractivity (Wildman–Crippen MR) is 103 cm³/mol. The molecule has 0 aromatic heterocycles. The van der Waals surface area contributed by atoms with E-state index >= 15 is 0 Å². The van der Waals surface area contributed by atoms with Crippen LogP contribution in [0.15, 0.2) is 59.5 Å². The molecule has 0 spiro atoms. The first kappa shape index (κ1) is 20.5. The molecule has 0 radical (unpaired) electrons. The zero-order chi connectivity index (χ0) is 20.2. The summed E-state index contributed by atoms with van der Waals surface area (Å²) in [6, 6.07) is 11.8. The molecule has 142 valence electrons. The molecule has 27 heavy (non-hydrogen) atoms. The highest BCUT2D eigenvalue weighted by Crippen LogP contribution is 2.15. The number of hydrogen-bond donors (Lipinski definition) is 2. The van der Waals surface area contributed by atoms with Crippen LogP contribution < -0.4 is 4.72 Å². The van der Waals surface area contributed by atoms with Crippen LogP contribution in [0.5, 0.6) is 0 Å². The molecule has 2 rings (SSSR count). The number of carbonyl (C=O) groups excluding carboxylic acids is 1. The monoisotopic (exact) mass is 387 g/mol. The highest BCUT2D eigenvalue weighted by Gasteiger charge is 2.21. The summed E-state index contributed by atoms with van der Waals surface area (Å²) in [5, 5.41) is 8.87. The fraction of sp³-hybridized carbons (Fsp3) is 0.200. The molecular formula is C20H21NO5S. The van der Waals surface area contributed by atoms with Gasteiger partial charge in [-0.3, -0.25) is 4.79 Å². The molecule has 2 N–H and O–H groups in total. The van der Waals surface area contributed by atoms with Crippen LogP contribution in [-0.4, -0.2) is 30.8 Å². The highest BCUT2D eigenvalue weighted by atomic mass is 32.2. The van der Waals surface area contributed by atoms with Gasteiger partial charge in [0.2, 0.25) is 10.0 Å². The highest BCUT2D eigenvalue weighted by molar-refractivity contribution is 7.89. The summed E-state index contributed by atoms with van der Waals surface area (Å²) in [6.45, 7) is 5.24. The molecule has 0 saturated heterocycles. The van der Waals surface area contributed by atoms with E-state index in [0.717, 1.165) is 0 Å². The predicted octanol–water partition coefficient (Wildman–Crippen LogP) is 3.36. The van der Waals surface area contributed by atoms with Crippen molar-refractivity contribution in [2.75, 3.05) is 0 Å². The lowest BCUT2D eigenvalue weighted by Gasteiger charge is -2.20. The molecule has 0 fully saturated rings. The molecule has 0 aliphatic rings. The largest absolute Gasteiger partial charge is 0.478 e. The third-order valence-corrected chi connectivity index (χ3v) is 5.25. The SMILES string of the molecule is CC(C)(C)NS(=O)(=O)c1ccc(C(=O)/C=C/c2ccc(C(=O)O)cc2)cc1. The third-order valence-electron chi connectivity index (χ3n) is 3.47. The van der Waals surface area contributed by atoms with Gasteiger partial charge in [0.1, 0.15) is 0 Å². The van der Waals surface area contributed by atoms with E-state index in [1.807, 2.05) is 0 Å². The van der Waals surface area contributed by atoms with Gasteiger partial charge in [-0.2, -0.15) is 0 Å². The molecule has 6 nitrogen and oxygen atoms in total. The van der Waals surface area contributed by atoms with Gasteiger partial charge in [-0.1, -0.05) is 18.2 Å². The molecule has 2 aromatic carbocycles. The van der Waals surface area contributed by atoms with Gasteiger partial charge in [0.15, 0.2) is 5.78 Å². The average Bonchev–Trinajstić information content (AvgIpc) is 2.58. The van der Waals surface area contributed by atoms with Crippen LogP contribution >= 0.6 is 0 Å². The van der Waals surface area contributed by atoms with Crippen molar-refractivity contribution in [2.45, 2.75) is 31.2 Å². The van der Waals surface area contributed by atoms with E-state index in [2.05, 4.69) is 4.72 Å². The van der Waals surface area contributed by atoms with Crippen LogP contribution in [-0.2, 0) is 10.0 Å². The van der Waals surface area contributed by atoms with Crippen molar-refractivity contribution in [3.63, 3.8) is 0 Å². The zero-order valence-corrected chi connectivity index (χ0v) is 16.1. The normalized spacial score (nSPS) is 12.3. The van der Waals surface area contributed by atoms with Gasteiger partial charge in [-0.05, 0) is 68.8 Å². The van der Waals surface area contributed by atoms with Crippen LogP contribution in [0.2, 0.25) is 0 Å². The van der Waals surface area contributed by atoms with Crippen molar-refractivity contribution in [1.29, 1.82) is 0 Å². The number of benzene rings is 2. The molecule has 0 saturated carbocycles. The Morgan fingerprint density at radius 1 is 0.926 bits per heavy atom. The molecule has 7 heteroatoms. The number of allylic oxidation sites excluding steroid dienone is 1. The quantitative estimate of drug-likeness (QED) is 0.585. The summed E-state index contributed by atoms with van der Waals surface area (Å²) in [6.07, 6.45) is 2.92. The Hall–Kier alpha value is -2.77. The van der Waals surface area contributed by atoms with E-state index in [1.54, 1.807) is 39.0 Å². The second kappa shape index (κ2) is 7.85. The van der Waals surface area contributed by atoms with Gasteiger partial charge in [-0.25, -0.2) is 17.9 Å². The van der Waals surface area contributed by atoms with Crippen molar-refractivity contribution in [3.8, 4) is 0 Å². The molecule has 0 unspecified atom stereocenters. The summed E-state index contributed by atoms with van der Waals surface area (Å²) in [4.78, 5) is 23.1.